The van der Waals surface area contributed by atoms with E-state index in [2.05, 4.69) is 4.98 Å². The minimum atomic E-state index is -3.82. The second kappa shape index (κ2) is 7.46. The Morgan fingerprint density at radius 3 is 2.32 bits per heavy atom. The van der Waals surface area contributed by atoms with Crippen molar-refractivity contribution in [1.29, 1.82) is 5.39 Å². The molecule has 108 valence electrons. The summed E-state index contributed by atoms with van der Waals surface area (Å²) in [5.74, 6) is -0.406. The largest absolute Gasteiger partial charge is 0.528 e. The third-order valence-electron chi connectivity index (χ3n) is 2.46. The average molecular weight is 292 g/mol. The van der Waals surface area contributed by atoms with Crippen LogP contribution in [0.5, 0.6) is 0 Å². The predicted molar refractivity (Wildman–Crippen MR) is 68.0 cm³/mol. The fraction of sp³-hybridized carbons (Fsp3) is 0.800. The first-order valence-electron chi connectivity index (χ1n) is 6.09. The lowest BCUT2D eigenvalue weighted by molar-refractivity contribution is 0.0308. The highest BCUT2D eigenvalue weighted by atomic mass is 31.2. The lowest BCUT2D eigenvalue weighted by Crippen LogP contribution is -2.36. The van der Waals surface area contributed by atoms with Crippen LogP contribution in [0.2, 0.25) is 0 Å². The predicted octanol–water partition coefficient (Wildman–Crippen LogP) is 2.12. The molecule has 1 aliphatic heterocycles. The van der Waals surface area contributed by atoms with Gasteiger partial charge in [-0.2, -0.15) is 0 Å². The van der Waals surface area contributed by atoms with Crippen molar-refractivity contribution >= 4 is 7.60 Å². The molecule has 1 fully saturated rings. The molecule has 1 aliphatic rings. The monoisotopic (exact) mass is 292 g/mol. The van der Waals surface area contributed by atoms with E-state index in [0.717, 1.165) is 0 Å². The Morgan fingerprint density at radius 1 is 1.37 bits per heavy atom. The number of aliphatic hydroxyl groups excluding tert-OH is 1. The summed E-state index contributed by atoms with van der Waals surface area (Å²) in [5.41, 5.74) is -0.474. The van der Waals surface area contributed by atoms with Gasteiger partial charge in [-0.25, -0.2) is 4.57 Å². The van der Waals surface area contributed by atoms with Gasteiger partial charge in [0, 0.05) is 13.1 Å². The van der Waals surface area contributed by atoms with Gasteiger partial charge in [-0.05, 0) is 13.8 Å². The Kier molecular flexibility index (Phi) is 6.25. The molecule has 1 N–H and O–H groups in total. The van der Waals surface area contributed by atoms with E-state index in [9.17, 15) is 9.67 Å². The number of morpholine rings is 1. The van der Waals surface area contributed by atoms with E-state index >= 15 is 0 Å². The molecular formula is C10H19N3O5P+. The molecule has 0 radical (unpaired) electrons. The Hall–Kier alpha value is -1.13. The average Bonchev–Trinajstić information content (AvgIpc) is 2.40. The summed E-state index contributed by atoms with van der Waals surface area (Å²) in [5, 5.41) is 19.1. The van der Waals surface area contributed by atoms with Gasteiger partial charge in [0.25, 0.3) is 5.88 Å². The molecule has 0 atom stereocenters. The van der Waals surface area contributed by atoms with Crippen molar-refractivity contribution in [2.45, 2.75) is 13.8 Å². The van der Waals surface area contributed by atoms with Crippen molar-refractivity contribution in [2.24, 2.45) is 0 Å². The van der Waals surface area contributed by atoms with E-state index in [1.807, 2.05) is 0 Å². The van der Waals surface area contributed by atoms with Crippen LogP contribution in [0.1, 0.15) is 13.8 Å². The molecule has 0 amide bonds. The third-order valence-corrected chi connectivity index (χ3v) is 4.47. The van der Waals surface area contributed by atoms with Crippen LogP contribution in [-0.4, -0.2) is 49.5 Å². The number of hydrogen-bond donors (Lipinski definition) is 1. The van der Waals surface area contributed by atoms with Crippen LogP contribution in [0.4, 0.5) is 0 Å². The summed E-state index contributed by atoms with van der Waals surface area (Å²) >= 11 is 0. The molecule has 0 aromatic heterocycles. The van der Waals surface area contributed by atoms with E-state index in [1.54, 1.807) is 13.8 Å². The van der Waals surface area contributed by atoms with Gasteiger partial charge < -0.3 is 23.8 Å². The molecule has 8 nitrogen and oxygen atoms in total. The van der Waals surface area contributed by atoms with Crippen molar-refractivity contribution in [1.82, 2.24) is 4.90 Å². The molecule has 0 aromatic carbocycles. The molecule has 0 spiro atoms. The number of nitrogens with zero attached hydrogens (tertiary/aromatic N) is 3. The topological polar surface area (TPSA) is 96.4 Å². The molecule has 0 unspecified atom stereocenters. The zero-order valence-electron chi connectivity index (χ0n) is 11.1. The quantitative estimate of drug-likeness (QED) is 0.455. The fourth-order valence-electron chi connectivity index (χ4n) is 1.64. The lowest BCUT2D eigenvalue weighted by atomic mass is 10.4. The maximum absolute atomic E-state index is 12.5. The van der Waals surface area contributed by atoms with Gasteiger partial charge in [-0.15, -0.1) is 0 Å². The van der Waals surface area contributed by atoms with Crippen LogP contribution in [0.3, 0.4) is 0 Å². The molecule has 19 heavy (non-hydrogen) atoms. The van der Waals surface area contributed by atoms with Gasteiger partial charge >= 0.3 is 13.0 Å². The summed E-state index contributed by atoms with van der Waals surface area (Å²) in [6, 6.07) is 0. The summed E-state index contributed by atoms with van der Waals surface area (Å²) < 4.78 is 27.7. The molecule has 0 saturated carbocycles. The first-order chi connectivity index (χ1) is 9.09. The van der Waals surface area contributed by atoms with Crippen molar-refractivity contribution in [3.05, 3.63) is 16.3 Å². The summed E-state index contributed by atoms with van der Waals surface area (Å²) in [4.78, 5) is 4.41. The number of hydrogen-bond acceptors (Lipinski definition) is 7. The maximum atomic E-state index is 12.5. The highest BCUT2D eigenvalue weighted by molar-refractivity contribution is 7.58. The Labute approximate surface area is 112 Å². The second-order valence-electron chi connectivity index (χ2n) is 3.68. The lowest BCUT2D eigenvalue weighted by Gasteiger charge is -2.26. The van der Waals surface area contributed by atoms with Crippen LogP contribution >= 0.6 is 7.60 Å². The van der Waals surface area contributed by atoms with Crippen molar-refractivity contribution in [2.75, 3.05) is 39.5 Å². The Balaban J connectivity index is 3.07. The van der Waals surface area contributed by atoms with Gasteiger partial charge in [-0.3, -0.25) is 0 Å². The van der Waals surface area contributed by atoms with E-state index in [-0.39, 0.29) is 13.2 Å². The van der Waals surface area contributed by atoms with Gasteiger partial charge in [0.1, 0.15) is 0 Å². The molecule has 0 aromatic rings. The summed E-state index contributed by atoms with van der Waals surface area (Å²) in [7, 11) is -3.82. The van der Waals surface area contributed by atoms with Crippen molar-refractivity contribution in [3.8, 4) is 0 Å². The molecule has 9 heteroatoms. The smallest absolute Gasteiger partial charge is 0.489 e. The maximum Gasteiger partial charge on any atom is 0.528 e. The third kappa shape index (κ3) is 3.91. The minimum Gasteiger partial charge on any atom is -0.489 e. The molecule has 1 rings (SSSR count). The van der Waals surface area contributed by atoms with E-state index < -0.39 is 18.9 Å². The number of aliphatic hydroxyl groups is 1. The van der Waals surface area contributed by atoms with Gasteiger partial charge in [0.2, 0.25) is 5.39 Å². The highest BCUT2D eigenvalue weighted by Gasteiger charge is 2.47. The standard InChI is InChI=1S/C10H18N3O5P/c1-3-17-19(15,18-4-2)9(12-11)10(14)13-5-7-16-8-6-13/h3-8H2,1-2H3/p+1. The SMILES string of the molecule is CCOP(=O)(OCC)/C([N+]#N)=C(/O)N1CCOCC1. The van der Waals surface area contributed by atoms with Crippen LogP contribution in [0.25, 0.3) is 4.98 Å². The van der Waals surface area contributed by atoms with Gasteiger partial charge in [0.15, 0.2) is 4.98 Å². The van der Waals surface area contributed by atoms with E-state index in [1.165, 1.54) is 4.90 Å². The fourth-order valence-corrected chi connectivity index (χ4v) is 3.13. The molecule has 0 bridgehead atoms. The van der Waals surface area contributed by atoms with Crippen LogP contribution < -0.4 is 0 Å². The first kappa shape index (κ1) is 15.9. The van der Waals surface area contributed by atoms with E-state index in [0.29, 0.717) is 26.3 Å². The van der Waals surface area contributed by atoms with Crippen LogP contribution in [0.15, 0.2) is 11.3 Å². The summed E-state index contributed by atoms with van der Waals surface area (Å²) in [6.07, 6.45) is 0. The number of rotatable bonds is 6. The Bertz CT molecular complexity index is 404. The Morgan fingerprint density at radius 2 is 1.89 bits per heavy atom. The number of ether oxygens (including phenoxy) is 1. The van der Waals surface area contributed by atoms with E-state index in [4.69, 9.17) is 19.2 Å². The highest BCUT2D eigenvalue weighted by Crippen LogP contribution is 2.57. The summed E-state index contributed by atoms with van der Waals surface area (Å²) in [6.45, 7) is 5.14. The molecule has 1 saturated heterocycles. The number of diazo groups is 1. The second-order valence-corrected chi connectivity index (χ2v) is 5.61. The van der Waals surface area contributed by atoms with Crippen LogP contribution in [-0.2, 0) is 18.3 Å². The molecule has 1 heterocycles. The zero-order chi connectivity index (χ0) is 14.3. The molecular weight excluding hydrogens is 273 g/mol. The van der Waals surface area contributed by atoms with Crippen molar-refractivity contribution in [3.63, 3.8) is 0 Å². The molecule has 0 aliphatic carbocycles. The normalized spacial score (nSPS) is 17.8. The van der Waals surface area contributed by atoms with Crippen molar-refractivity contribution < 1.29 is 23.5 Å². The van der Waals surface area contributed by atoms with Crippen LogP contribution in [0, 0.1) is 5.39 Å². The zero-order valence-corrected chi connectivity index (χ0v) is 12.0. The first-order valence-corrected chi connectivity index (χ1v) is 7.64. The van der Waals surface area contributed by atoms with Gasteiger partial charge in [-0.1, -0.05) is 0 Å². The van der Waals surface area contributed by atoms with Gasteiger partial charge in [0.05, 0.1) is 26.4 Å². The minimum absolute atomic E-state index is 0.104.